The second-order valence-corrected chi connectivity index (χ2v) is 6.16. The Morgan fingerprint density at radius 3 is 2.48 bits per heavy atom. The topological polar surface area (TPSA) is 58.6 Å². The molecule has 1 N–H and O–H groups in total. The van der Waals surface area contributed by atoms with Crippen LogP contribution in [0.5, 0.6) is 0 Å². The minimum Gasteiger partial charge on any atom is -0.467 e. The minimum absolute atomic E-state index is 0.235. The van der Waals surface area contributed by atoms with Gasteiger partial charge < -0.3 is 15.0 Å². The molecule has 1 unspecified atom stereocenters. The molecule has 25 heavy (non-hydrogen) atoms. The lowest BCUT2D eigenvalue weighted by Gasteiger charge is -2.30. The van der Waals surface area contributed by atoms with E-state index in [2.05, 4.69) is 11.4 Å². The third kappa shape index (κ3) is 4.18. The Morgan fingerprint density at radius 1 is 1.08 bits per heavy atom. The van der Waals surface area contributed by atoms with Gasteiger partial charge in [-0.15, -0.1) is 0 Å². The predicted octanol–water partition coefficient (Wildman–Crippen LogP) is 2.54. The van der Waals surface area contributed by atoms with Gasteiger partial charge in [-0.25, -0.2) is 9.59 Å². The van der Waals surface area contributed by atoms with Gasteiger partial charge in [-0.1, -0.05) is 54.6 Å². The molecule has 1 atom stereocenters. The van der Waals surface area contributed by atoms with Gasteiger partial charge in [0.25, 0.3) is 0 Å². The van der Waals surface area contributed by atoms with Crippen molar-refractivity contribution in [3.8, 4) is 0 Å². The Bertz CT molecular complexity index is 746. The van der Waals surface area contributed by atoms with Crippen LogP contribution in [-0.2, 0) is 28.9 Å². The molecule has 0 aliphatic carbocycles. The van der Waals surface area contributed by atoms with E-state index in [-0.39, 0.29) is 6.03 Å². The maximum atomic E-state index is 12.6. The zero-order valence-electron chi connectivity index (χ0n) is 14.3. The highest BCUT2D eigenvalue weighted by Crippen LogP contribution is 2.18. The number of carbonyl (C=O) groups excluding carboxylic acids is 2. The number of hydrogen-bond acceptors (Lipinski definition) is 3. The standard InChI is InChI=1S/C20H22N2O3/c1-25-19(23)18(13-15-7-3-2-4-8-15)21-20(24)22-12-11-16-9-5-6-10-17(16)14-22/h2-10,18H,11-14H2,1H3,(H,21,24). The molecule has 5 heteroatoms. The van der Waals surface area contributed by atoms with E-state index < -0.39 is 12.0 Å². The number of rotatable bonds is 4. The summed E-state index contributed by atoms with van der Waals surface area (Å²) in [4.78, 5) is 26.5. The van der Waals surface area contributed by atoms with Crippen LogP contribution in [0.4, 0.5) is 4.79 Å². The molecule has 0 radical (unpaired) electrons. The molecule has 3 rings (SSSR count). The molecule has 1 heterocycles. The molecule has 0 bridgehead atoms. The van der Waals surface area contributed by atoms with Crippen molar-refractivity contribution in [1.29, 1.82) is 0 Å². The van der Waals surface area contributed by atoms with Crippen LogP contribution in [0.1, 0.15) is 16.7 Å². The molecule has 5 nitrogen and oxygen atoms in total. The van der Waals surface area contributed by atoms with Crippen molar-refractivity contribution < 1.29 is 14.3 Å². The Kier molecular flexibility index (Phi) is 5.33. The molecule has 2 aromatic rings. The third-order valence-electron chi connectivity index (χ3n) is 4.48. The first kappa shape index (κ1) is 17.0. The maximum absolute atomic E-state index is 12.6. The Balaban J connectivity index is 1.67. The van der Waals surface area contributed by atoms with Gasteiger partial charge in [-0.05, 0) is 23.1 Å². The Hall–Kier alpha value is -2.82. The van der Waals surface area contributed by atoms with E-state index in [9.17, 15) is 9.59 Å². The quantitative estimate of drug-likeness (QED) is 0.872. The zero-order valence-corrected chi connectivity index (χ0v) is 14.3. The molecule has 0 spiro atoms. The first-order chi connectivity index (χ1) is 12.2. The summed E-state index contributed by atoms with van der Waals surface area (Å²) in [7, 11) is 1.34. The normalized spacial score (nSPS) is 14.4. The lowest BCUT2D eigenvalue weighted by Crippen LogP contribution is -2.50. The van der Waals surface area contributed by atoms with Crippen molar-refractivity contribution in [2.45, 2.75) is 25.4 Å². The molecule has 130 valence electrons. The average molecular weight is 338 g/mol. The van der Waals surface area contributed by atoms with Crippen LogP contribution in [0.15, 0.2) is 54.6 Å². The minimum atomic E-state index is -0.697. The molecule has 1 aliphatic rings. The summed E-state index contributed by atoms with van der Waals surface area (Å²) in [6.07, 6.45) is 1.23. The molecule has 0 fully saturated rings. The van der Waals surface area contributed by atoms with Crippen molar-refractivity contribution >= 4 is 12.0 Å². The number of urea groups is 1. The highest BCUT2D eigenvalue weighted by Gasteiger charge is 2.26. The molecule has 2 aromatic carbocycles. The lowest BCUT2D eigenvalue weighted by atomic mass is 10.0. The number of methoxy groups -OCH3 is 1. The molecule has 2 amide bonds. The third-order valence-corrected chi connectivity index (χ3v) is 4.48. The lowest BCUT2D eigenvalue weighted by molar-refractivity contribution is -0.142. The number of fused-ring (bicyclic) bond motifs is 1. The summed E-state index contributed by atoms with van der Waals surface area (Å²) >= 11 is 0. The molecule has 1 aliphatic heterocycles. The number of esters is 1. The molecule has 0 aromatic heterocycles. The first-order valence-corrected chi connectivity index (χ1v) is 8.41. The molecule has 0 saturated heterocycles. The van der Waals surface area contributed by atoms with E-state index in [0.29, 0.717) is 19.5 Å². The van der Waals surface area contributed by atoms with E-state index in [1.807, 2.05) is 48.5 Å². The number of nitrogens with one attached hydrogen (secondary N) is 1. The summed E-state index contributed by atoms with van der Waals surface area (Å²) < 4.78 is 4.86. The fraction of sp³-hybridized carbons (Fsp3) is 0.300. The van der Waals surface area contributed by atoms with Gasteiger partial charge in [0.15, 0.2) is 0 Å². The van der Waals surface area contributed by atoms with Crippen LogP contribution >= 0.6 is 0 Å². The van der Waals surface area contributed by atoms with Gasteiger partial charge >= 0.3 is 12.0 Å². The van der Waals surface area contributed by atoms with Crippen molar-refractivity contribution in [2.24, 2.45) is 0 Å². The van der Waals surface area contributed by atoms with Crippen LogP contribution in [0, 0.1) is 0 Å². The molecule has 0 saturated carbocycles. The number of hydrogen-bond donors (Lipinski definition) is 1. The SMILES string of the molecule is COC(=O)C(Cc1ccccc1)NC(=O)N1CCc2ccccc2C1. The smallest absolute Gasteiger partial charge is 0.328 e. The van der Waals surface area contributed by atoms with Crippen LogP contribution in [0.3, 0.4) is 0 Å². The van der Waals surface area contributed by atoms with E-state index in [1.165, 1.54) is 12.7 Å². The number of carbonyl (C=O) groups is 2. The predicted molar refractivity (Wildman–Crippen MR) is 95.0 cm³/mol. The maximum Gasteiger partial charge on any atom is 0.328 e. The van der Waals surface area contributed by atoms with Crippen LogP contribution < -0.4 is 5.32 Å². The zero-order chi connectivity index (χ0) is 17.6. The van der Waals surface area contributed by atoms with Crippen LogP contribution in [0.2, 0.25) is 0 Å². The first-order valence-electron chi connectivity index (χ1n) is 8.41. The van der Waals surface area contributed by atoms with Gasteiger partial charge in [0.2, 0.25) is 0 Å². The van der Waals surface area contributed by atoms with Crippen LogP contribution in [-0.4, -0.2) is 36.6 Å². The number of nitrogens with zero attached hydrogens (tertiary/aromatic N) is 1. The van der Waals surface area contributed by atoms with E-state index in [0.717, 1.165) is 17.5 Å². The van der Waals surface area contributed by atoms with Gasteiger partial charge in [-0.2, -0.15) is 0 Å². The second kappa shape index (κ2) is 7.83. The summed E-state index contributed by atoms with van der Waals surface area (Å²) in [5.74, 6) is -0.436. The van der Waals surface area contributed by atoms with Crippen LogP contribution in [0.25, 0.3) is 0 Å². The average Bonchev–Trinajstić information content (AvgIpc) is 2.67. The van der Waals surface area contributed by atoms with Crippen molar-refractivity contribution in [2.75, 3.05) is 13.7 Å². The monoisotopic (exact) mass is 338 g/mol. The molecular formula is C20H22N2O3. The van der Waals surface area contributed by atoms with E-state index in [4.69, 9.17) is 4.74 Å². The summed E-state index contributed by atoms with van der Waals surface area (Å²) in [6, 6.07) is 16.8. The highest BCUT2D eigenvalue weighted by atomic mass is 16.5. The fourth-order valence-corrected chi connectivity index (χ4v) is 3.09. The summed E-state index contributed by atoms with van der Waals surface area (Å²) in [6.45, 7) is 1.20. The Labute approximate surface area is 147 Å². The van der Waals surface area contributed by atoms with Crippen molar-refractivity contribution in [3.05, 3.63) is 71.3 Å². The second-order valence-electron chi connectivity index (χ2n) is 6.16. The van der Waals surface area contributed by atoms with Crippen molar-refractivity contribution in [3.63, 3.8) is 0 Å². The Morgan fingerprint density at radius 2 is 1.76 bits per heavy atom. The number of amides is 2. The van der Waals surface area contributed by atoms with Gasteiger partial charge in [-0.3, -0.25) is 0 Å². The van der Waals surface area contributed by atoms with E-state index in [1.54, 1.807) is 4.90 Å². The van der Waals surface area contributed by atoms with Gasteiger partial charge in [0.1, 0.15) is 6.04 Å². The van der Waals surface area contributed by atoms with Gasteiger partial charge in [0, 0.05) is 19.5 Å². The molecular weight excluding hydrogens is 316 g/mol. The van der Waals surface area contributed by atoms with Crippen molar-refractivity contribution in [1.82, 2.24) is 10.2 Å². The summed E-state index contributed by atoms with van der Waals surface area (Å²) in [5.41, 5.74) is 3.41. The number of benzene rings is 2. The fourth-order valence-electron chi connectivity index (χ4n) is 3.09. The van der Waals surface area contributed by atoms with Gasteiger partial charge in [0.05, 0.1) is 7.11 Å². The van der Waals surface area contributed by atoms with E-state index >= 15 is 0 Å². The largest absolute Gasteiger partial charge is 0.467 e. The summed E-state index contributed by atoms with van der Waals surface area (Å²) in [5, 5.41) is 2.83. The number of ether oxygens (including phenoxy) is 1. The highest BCUT2D eigenvalue weighted by molar-refractivity contribution is 5.84.